The first kappa shape index (κ1) is 38.9. The van der Waals surface area contributed by atoms with Crippen LogP contribution in [0.15, 0.2) is 12.2 Å². The number of carboxylic acid groups (broad SMARTS) is 1. The number of ether oxygens (including phenoxy) is 3. The summed E-state index contributed by atoms with van der Waals surface area (Å²) in [6.45, 7) is 10.1. The van der Waals surface area contributed by atoms with Crippen LogP contribution in [0.25, 0.3) is 0 Å². The van der Waals surface area contributed by atoms with Crippen molar-refractivity contribution >= 4 is 59.2 Å². The summed E-state index contributed by atoms with van der Waals surface area (Å²) in [6, 6.07) is 0. The molecular formula is C30H45IO15S2. The summed E-state index contributed by atoms with van der Waals surface area (Å²) >= 11 is 2.61. The van der Waals surface area contributed by atoms with Crippen LogP contribution in [-0.4, -0.2) is 80.0 Å². The summed E-state index contributed by atoms with van der Waals surface area (Å²) in [6.07, 6.45) is -1.81. The van der Waals surface area contributed by atoms with Crippen molar-refractivity contribution in [3.05, 3.63) is 12.2 Å². The molecule has 5 aliphatic rings. The largest absolute Gasteiger partial charge is 0.481 e. The van der Waals surface area contributed by atoms with Crippen molar-refractivity contribution in [1.29, 1.82) is 0 Å². The maximum atomic E-state index is 13.1. The molecule has 15 nitrogen and oxygen atoms in total. The highest BCUT2D eigenvalue weighted by Gasteiger charge is 2.67. The molecule has 5 fully saturated rings. The molecule has 9 unspecified atom stereocenters. The molecular weight excluding hydrogens is 789 g/mol. The van der Waals surface area contributed by atoms with Gasteiger partial charge in [0.1, 0.15) is 18.3 Å². The maximum absolute atomic E-state index is 13.1. The van der Waals surface area contributed by atoms with E-state index in [1.54, 1.807) is 0 Å². The molecule has 4 saturated carbocycles. The Morgan fingerprint density at radius 3 is 2.38 bits per heavy atom. The summed E-state index contributed by atoms with van der Waals surface area (Å²) in [7, 11) is 0. The Kier molecular flexibility index (Phi) is 13.4. The van der Waals surface area contributed by atoms with E-state index in [2.05, 4.69) is 54.8 Å². The number of hydrogen-bond donors (Lipinski definition) is 4. The summed E-state index contributed by atoms with van der Waals surface area (Å²) in [5.41, 5.74) is 0.0886. The Hall–Kier alpha value is -0.330. The normalized spacial score (nSPS) is 42.3. The molecule has 4 aliphatic carbocycles. The number of rotatable bonds is 15. The average molecular weight is 835 g/mol. The van der Waals surface area contributed by atoms with Crippen molar-refractivity contribution in [1.82, 2.24) is 0 Å². The first-order chi connectivity index (χ1) is 22.9. The SMILES string of the molecule is C=C1C2CCC3C4(C)CC(O[C@@H]5OC(C[125I])[C@@H](OSOOO)[C@@H](OSOOO)C5OC(=O)CC(C)C)CC(C(=O)O)C4CCC3(C2)[C@H]1O. The monoisotopic (exact) mass is 834 g/mol. The number of fused-ring (bicyclic) bond motifs is 3. The number of carboxylic acids is 1. The van der Waals surface area contributed by atoms with Gasteiger partial charge in [-0.3, -0.25) is 18.0 Å². The Bertz CT molecular complexity index is 1150. The fourth-order valence-corrected chi connectivity index (χ4v) is 11.1. The molecule has 0 aromatic rings. The molecule has 1 spiro atoms. The lowest BCUT2D eigenvalue weighted by Gasteiger charge is -2.62. The average Bonchev–Trinajstić information content (AvgIpc) is 3.21. The number of aliphatic hydroxyl groups excluding tert-OH is 1. The minimum Gasteiger partial charge on any atom is -0.481 e. The molecule has 2 bridgehead atoms. The smallest absolute Gasteiger partial charge is 0.306 e. The summed E-state index contributed by atoms with van der Waals surface area (Å²) in [4.78, 5) is 25.9. The highest BCUT2D eigenvalue weighted by atomic mass is 125. The van der Waals surface area contributed by atoms with Gasteiger partial charge in [-0.1, -0.05) is 60.0 Å². The molecule has 0 aromatic heterocycles. The molecule has 0 aromatic carbocycles. The molecule has 1 aliphatic heterocycles. The molecule has 4 N–H and O–H groups in total. The predicted octanol–water partition coefficient (Wildman–Crippen LogP) is 5.47. The van der Waals surface area contributed by atoms with Crippen molar-refractivity contribution in [3.63, 3.8) is 0 Å². The van der Waals surface area contributed by atoms with Gasteiger partial charge in [0.25, 0.3) is 0 Å². The van der Waals surface area contributed by atoms with Crippen LogP contribution in [0.5, 0.6) is 0 Å². The van der Waals surface area contributed by atoms with Gasteiger partial charge in [-0.15, -0.1) is 8.67 Å². The minimum absolute atomic E-state index is 0.0386. The van der Waals surface area contributed by atoms with Crippen LogP contribution < -0.4 is 0 Å². The molecule has 18 heteroatoms. The van der Waals surface area contributed by atoms with Crippen molar-refractivity contribution in [2.24, 2.45) is 40.4 Å². The van der Waals surface area contributed by atoms with Crippen LogP contribution in [0, 0.1) is 40.4 Å². The standard InChI is InChI=1S/C30H45IO15S2/c1-14(2)9-22(32)40-25-24(42-48-46-44-37)23(41-47-45-43-36)20(13-31)39-28(25)38-17-10-18(27(34)35)19-7-8-30-11-16(15(3)26(30)33)5-6-21(30)29(19,4)12-17/h14,16-21,23-26,28,33,36-37H,3,5-13H2,1-2,4H3,(H,34,35)/t16?,17?,18?,19?,20?,21?,23-,24-,25?,26+,28-,29?,30?/m1/s1/i31-2. The van der Waals surface area contributed by atoms with Gasteiger partial charge in [0, 0.05) is 16.3 Å². The third-order valence-electron chi connectivity index (χ3n) is 11.4. The highest BCUT2D eigenvalue weighted by Crippen LogP contribution is 2.70. The third kappa shape index (κ3) is 7.72. The second-order valence-corrected chi connectivity index (χ2v) is 16.1. The summed E-state index contributed by atoms with van der Waals surface area (Å²) in [5, 5.41) is 46.7. The van der Waals surface area contributed by atoms with E-state index in [-0.39, 0.29) is 66.6 Å². The van der Waals surface area contributed by atoms with Crippen molar-refractivity contribution in [3.8, 4) is 0 Å². The molecule has 48 heavy (non-hydrogen) atoms. The van der Waals surface area contributed by atoms with Gasteiger partial charge >= 0.3 is 11.9 Å². The van der Waals surface area contributed by atoms with E-state index in [0.717, 1.165) is 31.3 Å². The molecule has 0 radical (unpaired) electrons. The lowest BCUT2D eigenvalue weighted by Crippen LogP contribution is -2.63. The molecule has 5 rings (SSSR count). The van der Waals surface area contributed by atoms with Crippen LogP contribution in [0.4, 0.5) is 0 Å². The number of carbonyl (C=O) groups is 2. The van der Waals surface area contributed by atoms with Crippen LogP contribution in [-0.2, 0) is 50.9 Å². The topological polar surface area (TPSA) is 198 Å². The predicted molar refractivity (Wildman–Crippen MR) is 176 cm³/mol. The van der Waals surface area contributed by atoms with E-state index in [1.165, 1.54) is 0 Å². The van der Waals surface area contributed by atoms with E-state index in [0.29, 0.717) is 17.3 Å². The van der Waals surface area contributed by atoms with Gasteiger partial charge in [-0.25, -0.2) is 10.5 Å². The second-order valence-electron chi connectivity index (χ2n) is 14.3. The van der Waals surface area contributed by atoms with Gasteiger partial charge in [0.15, 0.2) is 37.0 Å². The van der Waals surface area contributed by atoms with Gasteiger partial charge in [0.05, 0.1) is 18.1 Å². The van der Waals surface area contributed by atoms with Crippen molar-refractivity contribution in [2.45, 2.75) is 115 Å². The summed E-state index contributed by atoms with van der Waals surface area (Å²) < 4.78 is 39.6. The summed E-state index contributed by atoms with van der Waals surface area (Å²) in [5.74, 6) is -1.96. The molecule has 274 valence electrons. The Labute approximate surface area is 301 Å². The highest BCUT2D eigenvalue weighted by molar-refractivity contribution is 14.1. The number of alkyl halides is 1. The van der Waals surface area contributed by atoms with Gasteiger partial charge < -0.3 is 24.4 Å². The second kappa shape index (κ2) is 16.6. The fraction of sp³-hybridized carbons (Fsp3) is 0.867. The Balaban J connectivity index is 1.46. The Morgan fingerprint density at radius 1 is 1.06 bits per heavy atom. The van der Waals surface area contributed by atoms with E-state index in [4.69, 9.17) is 33.1 Å². The van der Waals surface area contributed by atoms with Crippen molar-refractivity contribution in [2.75, 3.05) is 4.43 Å². The first-order valence-corrected chi connectivity index (χ1v) is 19.0. The van der Waals surface area contributed by atoms with Gasteiger partial charge in [-0.05, 0) is 79.6 Å². The van der Waals surface area contributed by atoms with Gasteiger partial charge in [-0.2, -0.15) is 0 Å². The maximum Gasteiger partial charge on any atom is 0.306 e. The number of aliphatic carboxylic acids is 1. The number of esters is 1. The lowest BCUT2D eigenvalue weighted by atomic mass is 9.43. The van der Waals surface area contributed by atoms with Crippen LogP contribution in [0.2, 0.25) is 0 Å². The molecule has 0 amide bonds. The number of hydrogen-bond acceptors (Lipinski definition) is 16. The number of aliphatic hydroxyl groups is 1. The quantitative estimate of drug-likeness (QED) is 0.0186. The zero-order valence-corrected chi connectivity index (χ0v) is 30.8. The van der Waals surface area contributed by atoms with Crippen LogP contribution in [0.1, 0.15) is 72.1 Å². The lowest BCUT2D eigenvalue weighted by molar-refractivity contribution is -0.436. The number of carbonyl (C=O) groups excluding carboxylic acids is 1. The molecule has 13 atom stereocenters. The van der Waals surface area contributed by atoms with E-state index in [1.807, 2.05) is 13.8 Å². The van der Waals surface area contributed by atoms with E-state index >= 15 is 0 Å². The zero-order valence-electron chi connectivity index (χ0n) is 27.0. The number of halogens is 1. The first-order valence-electron chi connectivity index (χ1n) is 16.2. The third-order valence-corrected chi connectivity index (χ3v) is 13.1. The van der Waals surface area contributed by atoms with Crippen molar-refractivity contribution < 1.29 is 71.6 Å². The van der Waals surface area contributed by atoms with Crippen LogP contribution in [0.3, 0.4) is 0 Å². The molecule has 1 heterocycles. The minimum atomic E-state index is -1.27. The van der Waals surface area contributed by atoms with E-state index < -0.39 is 66.2 Å². The van der Waals surface area contributed by atoms with E-state index in [9.17, 15) is 19.8 Å². The zero-order chi connectivity index (χ0) is 34.8. The van der Waals surface area contributed by atoms with Gasteiger partial charge in [0.2, 0.25) is 0 Å². The van der Waals surface area contributed by atoms with Crippen LogP contribution >= 0.6 is 47.2 Å². The Morgan fingerprint density at radius 2 is 1.75 bits per heavy atom. The molecule has 1 saturated heterocycles. The fourth-order valence-electron chi connectivity index (χ4n) is 9.67.